The van der Waals surface area contributed by atoms with Gasteiger partial charge in [0.15, 0.2) is 5.82 Å². The van der Waals surface area contributed by atoms with Crippen LogP contribution < -0.4 is 0 Å². The number of hydrogen-bond donors (Lipinski definition) is 0. The molecule has 0 aliphatic heterocycles. The largest absolute Gasteiger partial charge is 0.384 e. The summed E-state index contributed by atoms with van der Waals surface area (Å²) in [5, 5.41) is 11.1. The van der Waals surface area contributed by atoms with Crippen LogP contribution in [0.3, 0.4) is 0 Å². The maximum absolute atomic E-state index is 4.97. The minimum atomic E-state index is 0.271. The summed E-state index contributed by atoms with van der Waals surface area (Å²) in [4.78, 5) is 0.271. The highest BCUT2D eigenvalue weighted by Crippen LogP contribution is 2.06. The van der Waals surface area contributed by atoms with Crippen LogP contribution in [0.4, 0.5) is 0 Å². The first-order valence-electron chi connectivity index (χ1n) is 3.58. The van der Waals surface area contributed by atoms with Gasteiger partial charge in [-0.1, -0.05) is 15.9 Å². The quantitative estimate of drug-likeness (QED) is 0.697. The molecule has 0 N–H and O–H groups in total. The molecule has 1 unspecified atom stereocenters. The Kier molecular flexibility index (Phi) is 3.61. The van der Waals surface area contributed by atoms with E-state index in [4.69, 9.17) is 4.74 Å². The number of rotatable bonds is 4. The molecule has 0 bridgehead atoms. The fourth-order valence-electron chi connectivity index (χ4n) is 0.859. The van der Waals surface area contributed by atoms with Gasteiger partial charge in [-0.25, -0.2) is 4.68 Å². The Morgan fingerprint density at radius 1 is 1.67 bits per heavy atom. The Hall–Kier alpha value is -0.490. The van der Waals surface area contributed by atoms with Crippen LogP contribution in [0.5, 0.6) is 0 Å². The average Bonchev–Trinajstić information content (AvgIpc) is 2.37. The zero-order valence-corrected chi connectivity index (χ0v) is 8.65. The average molecular weight is 235 g/mol. The minimum Gasteiger partial charge on any atom is -0.384 e. The van der Waals surface area contributed by atoms with Crippen LogP contribution in [0.2, 0.25) is 0 Å². The van der Waals surface area contributed by atoms with Crippen molar-refractivity contribution in [2.24, 2.45) is 7.05 Å². The summed E-state index contributed by atoms with van der Waals surface area (Å²) in [6.45, 7) is 0.660. The number of ether oxygens (including phenoxy) is 1. The lowest BCUT2D eigenvalue weighted by molar-refractivity contribution is 0.200. The number of tetrazole rings is 1. The number of methoxy groups -OCH3 is 1. The van der Waals surface area contributed by atoms with Gasteiger partial charge in [-0.3, -0.25) is 0 Å². The molecule has 1 atom stereocenters. The van der Waals surface area contributed by atoms with Crippen LogP contribution in [0.25, 0.3) is 0 Å². The summed E-state index contributed by atoms with van der Waals surface area (Å²) in [5.41, 5.74) is 0. The van der Waals surface area contributed by atoms with Gasteiger partial charge in [0.1, 0.15) is 0 Å². The standard InChI is InChI=1S/C6H11BrN4O/c1-11-6(8-9-10-11)3-5(7)4-12-2/h5H,3-4H2,1-2H3. The number of halogens is 1. The van der Waals surface area contributed by atoms with E-state index >= 15 is 0 Å². The Labute approximate surface area is 79.2 Å². The highest BCUT2D eigenvalue weighted by Gasteiger charge is 2.09. The number of aromatic nitrogens is 4. The van der Waals surface area contributed by atoms with E-state index in [0.717, 1.165) is 12.2 Å². The first-order chi connectivity index (χ1) is 5.74. The Bertz CT molecular complexity index is 239. The molecule has 68 valence electrons. The molecule has 0 aliphatic carbocycles. The van der Waals surface area contributed by atoms with Gasteiger partial charge in [-0.15, -0.1) is 5.10 Å². The van der Waals surface area contributed by atoms with Gasteiger partial charge < -0.3 is 4.74 Å². The van der Waals surface area contributed by atoms with Crippen molar-refractivity contribution in [1.29, 1.82) is 0 Å². The molecule has 1 heterocycles. The molecule has 0 aromatic carbocycles. The Morgan fingerprint density at radius 2 is 2.42 bits per heavy atom. The first-order valence-corrected chi connectivity index (χ1v) is 4.50. The van der Waals surface area contributed by atoms with Crippen molar-refractivity contribution in [3.63, 3.8) is 0 Å². The molecule has 0 saturated carbocycles. The second-order valence-electron chi connectivity index (χ2n) is 2.48. The van der Waals surface area contributed by atoms with Crippen molar-refractivity contribution >= 4 is 15.9 Å². The third-order valence-electron chi connectivity index (χ3n) is 1.46. The topological polar surface area (TPSA) is 52.8 Å². The fraction of sp³-hybridized carbons (Fsp3) is 0.833. The highest BCUT2D eigenvalue weighted by atomic mass is 79.9. The summed E-state index contributed by atoms with van der Waals surface area (Å²) >= 11 is 3.46. The van der Waals surface area contributed by atoms with Crippen molar-refractivity contribution < 1.29 is 4.74 Å². The van der Waals surface area contributed by atoms with Crippen LogP contribution in [0, 0.1) is 0 Å². The molecule has 0 amide bonds. The van der Waals surface area contributed by atoms with Crippen LogP contribution >= 0.6 is 15.9 Å². The summed E-state index contributed by atoms with van der Waals surface area (Å²) in [7, 11) is 3.49. The molecule has 6 heteroatoms. The van der Waals surface area contributed by atoms with Crippen molar-refractivity contribution in [3.05, 3.63) is 5.82 Å². The van der Waals surface area contributed by atoms with Crippen LogP contribution in [-0.2, 0) is 18.2 Å². The summed E-state index contributed by atoms with van der Waals surface area (Å²) in [6.07, 6.45) is 0.775. The van der Waals surface area contributed by atoms with Gasteiger partial charge in [0.25, 0.3) is 0 Å². The molecule has 0 saturated heterocycles. The monoisotopic (exact) mass is 234 g/mol. The number of hydrogen-bond acceptors (Lipinski definition) is 4. The molecule has 0 radical (unpaired) electrons. The summed E-state index contributed by atoms with van der Waals surface area (Å²) < 4.78 is 6.62. The van der Waals surface area contributed by atoms with Gasteiger partial charge in [0.05, 0.1) is 6.61 Å². The van der Waals surface area contributed by atoms with Crippen molar-refractivity contribution in [2.45, 2.75) is 11.2 Å². The van der Waals surface area contributed by atoms with Gasteiger partial charge in [-0.05, 0) is 10.4 Å². The number of aryl methyl sites for hydroxylation is 1. The lowest BCUT2D eigenvalue weighted by Crippen LogP contribution is -2.13. The Balaban J connectivity index is 2.46. The zero-order valence-electron chi connectivity index (χ0n) is 7.07. The second-order valence-corrected chi connectivity index (χ2v) is 3.77. The lowest BCUT2D eigenvalue weighted by Gasteiger charge is -2.05. The molecule has 1 aromatic heterocycles. The summed E-state index contributed by atoms with van der Waals surface area (Å²) in [5.74, 6) is 0.855. The SMILES string of the molecule is COCC(Br)Cc1nnnn1C. The molecule has 0 fully saturated rings. The van der Waals surface area contributed by atoms with Gasteiger partial charge >= 0.3 is 0 Å². The zero-order chi connectivity index (χ0) is 8.97. The summed E-state index contributed by atoms with van der Waals surface area (Å²) in [6, 6.07) is 0. The van der Waals surface area contributed by atoms with Crippen LogP contribution in [-0.4, -0.2) is 38.8 Å². The molecule has 0 aliphatic rings. The molecular formula is C6H11BrN4O. The van der Waals surface area contributed by atoms with Crippen molar-refractivity contribution in [2.75, 3.05) is 13.7 Å². The van der Waals surface area contributed by atoms with Crippen LogP contribution in [0.1, 0.15) is 5.82 Å². The highest BCUT2D eigenvalue weighted by molar-refractivity contribution is 9.09. The third kappa shape index (κ3) is 2.53. The number of alkyl halides is 1. The minimum absolute atomic E-state index is 0.271. The maximum Gasteiger partial charge on any atom is 0.152 e. The van der Waals surface area contributed by atoms with E-state index in [2.05, 4.69) is 31.5 Å². The predicted molar refractivity (Wildman–Crippen MR) is 47.1 cm³/mol. The maximum atomic E-state index is 4.97. The van der Waals surface area contributed by atoms with E-state index in [1.54, 1.807) is 11.8 Å². The molecule has 1 rings (SSSR count). The smallest absolute Gasteiger partial charge is 0.152 e. The van der Waals surface area contributed by atoms with E-state index in [0.29, 0.717) is 6.61 Å². The molecular weight excluding hydrogens is 224 g/mol. The van der Waals surface area contributed by atoms with Gasteiger partial charge in [0.2, 0.25) is 0 Å². The predicted octanol–water partition coefficient (Wildman–Crippen LogP) is 0.162. The molecule has 12 heavy (non-hydrogen) atoms. The molecule has 1 aromatic rings. The fourth-order valence-corrected chi connectivity index (χ4v) is 1.41. The third-order valence-corrected chi connectivity index (χ3v) is 2.05. The van der Waals surface area contributed by atoms with Gasteiger partial charge in [-0.2, -0.15) is 0 Å². The van der Waals surface area contributed by atoms with E-state index in [-0.39, 0.29) is 4.83 Å². The van der Waals surface area contributed by atoms with Crippen molar-refractivity contribution in [1.82, 2.24) is 20.2 Å². The van der Waals surface area contributed by atoms with Crippen molar-refractivity contribution in [3.8, 4) is 0 Å². The second kappa shape index (κ2) is 4.51. The van der Waals surface area contributed by atoms with E-state index in [1.165, 1.54) is 0 Å². The number of nitrogens with zero attached hydrogens (tertiary/aromatic N) is 4. The van der Waals surface area contributed by atoms with Gasteiger partial charge in [0, 0.05) is 25.4 Å². The molecule has 0 spiro atoms. The van der Waals surface area contributed by atoms with E-state index in [1.807, 2.05) is 7.05 Å². The van der Waals surface area contributed by atoms with E-state index in [9.17, 15) is 0 Å². The molecule has 5 nitrogen and oxygen atoms in total. The van der Waals surface area contributed by atoms with Crippen LogP contribution in [0.15, 0.2) is 0 Å². The first kappa shape index (κ1) is 9.60. The Morgan fingerprint density at radius 3 is 2.92 bits per heavy atom. The normalized spacial score (nSPS) is 13.2. The lowest BCUT2D eigenvalue weighted by atomic mass is 10.3. The van der Waals surface area contributed by atoms with E-state index < -0.39 is 0 Å².